The monoisotopic (exact) mass is 392 g/mol. The van der Waals surface area contributed by atoms with Crippen LogP contribution in [0.25, 0.3) is 0 Å². The molecule has 0 radical (unpaired) electrons. The molecule has 7 nitrogen and oxygen atoms in total. The Hall–Kier alpha value is -2.35. The molecule has 0 saturated carbocycles. The molecule has 2 saturated heterocycles. The summed E-state index contributed by atoms with van der Waals surface area (Å²) in [6.45, 7) is 6.53. The molecule has 0 aliphatic carbocycles. The van der Waals surface area contributed by atoms with Gasteiger partial charge in [-0.1, -0.05) is 6.07 Å². The molecule has 1 aromatic carbocycles. The number of nitrogens with zero attached hydrogens (tertiary/aromatic N) is 3. The van der Waals surface area contributed by atoms with Gasteiger partial charge < -0.3 is 24.6 Å². The van der Waals surface area contributed by atoms with E-state index in [0.717, 1.165) is 30.9 Å². The molecule has 2 aliphatic heterocycles. The molecule has 2 fully saturated rings. The minimum absolute atomic E-state index is 0.104. The molecule has 3 rings (SSSR count). The van der Waals surface area contributed by atoms with Gasteiger partial charge in [0.2, 0.25) is 0 Å². The molecule has 1 N–H and O–H groups in total. The van der Waals surface area contributed by atoms with Gasteiger partial charge in [-0.15, -0.1) is 0 Å². The Morgan fingerprint density at radius 1 is 1.32 bits per heavy atom. The molecular weight excluding hydrogens is 363 g/mol. The van der Waals surface area contributed by atoms with Gasteiger partial charge >= 0.3 is 0 Å². The summed E-state index contributed by atoms with van der Waals surface area (Å²) in [5.41, 5.74) is 0.779. The Morgan fingerprint density at radius 2 is 2.07 bits per heavy atom. The van der Waals surface area contributed by atoms with Gasteiger partial charge in [0.15, 0.2) is 17.5 Å². The zero-order chi connectivity index (χ0) is 19.9. The molecule has 1 aromatic rings. The standard InChI is InChI=1S/C20H29FN4O3/c1-3-22-20(23-14-15-6-7-17(27-2)16(21)13-15)25-10-8-24(9-11-25)19(26)18-5-4-12-28-18/h6-7,13,18H,3-5,8-12,14H2,1-2H3,(H,22,23). The predicted octanol–water partition coefficient (Wildman–Crippen LogP) is 1.62. The van der Waals surface area contributed by atoms with Gasteiger partial charge in [-0.2, -0.15) is 0 Å². The van der Waals surface area contributed by atoms with Crippen LogP contribution in [-0.4, -0.2) is 74.2 Å². The van der Waals surface area contributed by atoms with Crippen molar-refractivity contribution in [2.24, 2.45) is 4.99 Å². The smallest absolute Gasteiger partial charge is 0.251 e. The minimum Gasteiger partial charge on any atom is -0.494 e. The highest BCUT2D eigenvalue weighted by Crippen LogP contribution is 2.19. The van der Waals surface area contributed by atoms with Crippen molar-refractivity contribution in [2.75, 3.05) is 46.4 Å². The van der Waals surface area contributed by atoms with Crippen LogP contribution in [-0.2, 0) is 16.1 Å². The normalized spacial score (nSPS) is 20.4. The maximum atomic E-state index is 13.9. The first-order valence-corrected chi connectivity index (χ1v) is 9.88. The largest absolute Gasteiger partial charge is 0.494 e. The second kappa shape index (κ2) is 9.73. The van der Waals surface area contributed by atoms with Crippen LogP contribution in [0.15, 0.2) is 23.2 Å². The lowest BCUT2D eigenvalue weighted by atomic mass is 10.2. The highest BCUT2D eigenvalue weighted by molar-refractivity contribution is 5.82. The van der Waals surface area contributed by atoms with Crippen molar-refractivity contribution in [3.8, 4) is 5.75 Å². The number of methoxy groups -OCH3 is 1. The van der Waals surface area contributed by atoms with Gasteiger partial charge in [0, 0.05) is 39.3 Å². The van der Waals surface area contributed by atoms with E-state index >= 15 is 0 Å². The number of hydrogen-bond acceptors (Lipinski definition) is 4. The van der Waals surface area contributed by atoms with E-state index in [9.17, 15) is 9.18 Å². The molecule has 1 amide bonds. The van der Waals surface area contributed by atoms with Gasteiger partial charge in [-0.25, -0.2) is 9.38 Å². The number of aliphatic imine (C=N–C) groups is 1. The van der Waals surface area contributed by atoms with Crippen molar-refractivity contribution in [3.05, 3.63) is 29.6 Å². The summed E-state index contributed by atoms with van der Waals surface area (Å²) < 4.78 is 24.3. The lowest BCUT2D eigenvalue weighted by molar-refractivity contribution is -0.142. The summed E-state index contributed by atoms with van der Waals surface area (Å²) in [7, 11) is 1.45. The van der Waals surface area contributed by atoms with Gasteiger partial charge in [0.1, 0.15) is 6.10 Å². The lowest BCUT2D eigenvalue weighted by Crippen LogP contribution is -2.55. The molecular formula is C20H29FN4O3. The number of hydrogen-bond donors (Lipinski definition) is 1. The number of nitrogens with one attached hydrogen (secondary N) is 1. The fourth-order valence-electron chi connectivity index (χ4n) is 3.51. The van der Waals surface area contributed by atoms with E-state index in [1.807, 2.05) is 17.9 Å². The summed E-state index contributed by atoms with van der Waals surface area (Å²) in [4.78, 5) is 21.2. The lowest BCUT2D eigenvalue weighted by Gasteiger charge is -2.37. The van der Waals surface area contributed by atoms with Crippen LogP contribution < -0.4 is 10.1 Å². The summed E-state index contributed by atoms with van der Waals surface area (Å²) in [5.74, 6) is 0.726. The fraction of sp³-hybridized carbons (Fsp3) is 0.600. The van der Waals surface area contributed by atoms with Crippen molar-refractivity contribution in [3.63, 3.8) is 0 Å². The van der Waals surface area contributed by atoms with E-state index in [4.69, 9.17) is 9.47 Å². The molecule has 8 heteroatoms. The van der Waals surface area contributed by atoms with Crippen LogP contribution in [0.4, 0.5) is 4.39 Å². The van der Waals surface area contributed by atoms with Gasteiger partial charge in [0.25, 0.3) is 5.91 Å². The third-order valence-electron chi connectivity index (χ3n) is 5.06. The van der Waals surface area contributed by atoms with Crippen LogP contribution in [0.5, 0.6) is 5.75 Å². The summed E-state index contributed by atoms with van der Waals surface area (Å²) in [6, 6.07) is 4.87. The maximum Gasteiger partial charge on any atom is 0.251 e. The highest BCUT2D eigenvalue weighted by atomic mass is 19.1. The molecule has 2 aliphatic rings. The number of ether oxygens (including phenoxy) is 2. The van der Waals surface area contributed by atoms with Crippen LogP contribution >= 0.6 is 0 Å². The topological polar surface area (TPSA) is 66.4 Å². The number of piperazine rings is 1. The average Bonchev–Trinajstić information content (AvgIpc) is 3.26. The molecule has 2 heterocycles. The Balaban J connectivity index is 1.58. The molecule has 1 atom stereocenters. The Bertz CT molecular complexity index is 699. The number of carbonyl (C=O) groups excluding carboxylic acids is 1. The van der Waals surface area contributed by atoms with E-state index in [0.29, 0.717) is 39.3 Å². The Labute approximate surface area is 165 Å². The summed E-state index contributed by atoms with van der Waals surface area (Å²) >= 11 is 0. The first-order chi connectivity index (χ1) is 13.6. The molecule has 0 bridgehead atoms. The van der Waals surface area contributed by atoms with Gasteiger partial charge in [0.05, 0.1) is 13.7 Å². The second-order valence-corrected chi connectivity index (χ2v) is 6.95. The molecule has 28 heavy (non-hydrogen) atoms. The number of halogens is 1. The zero-order valence-corrected chi connectivity index (χ0v) is 16.6. The molecule has 0 aromatic heterocycles. The molecule has 0 spiro atoms. The van der Waals surface area contributed by atoms with E-state index in [-0.39, 0.29) is 23.6 Å². The van der Waals surface area contributed by atoms with Crippen molar-refractivity contribution in [1.29, 1.82) is 0 Å². The maximum absolute atomic E-state index is 13.9. The van der Waals surface area contributed by atoms with Gasteiger partial charge in [-0.05, 0) is 37.5 Å². The van der Waals surface area contributed by atoms with Crippen molar-refractivity contribution < 1.29 is 18.7 Å². The molecule has 1 unspecified atom stereocenters. The quantitative estimate of drug-likeness (QED) is 0.609. The van der Waals surface area contributed by atoms with Crippen LogP contribution in [0.3, 0.4) is 0 Å². The SMILES string of the molecule is CCNC(=NCc1ccc(OC)c(F)c1)N1CCN(C(=O)C2CCCO2)CC1. The third kappa shape index (κ3) is 4.92. The van der Waals surface area contributed by atoms with Gasteiger partial charge in [-0.3, -0.25) is 4.79 Å². The third-order valence-corrected chi connectivity index (χ3v) is 5.06. The van der Waals surface area contributed by atoms with Crippen molar-refractivity contribution in [2.45, 2.75) is 32.4 Å². The first-order valence-electron chi connectivity index (χ1n) is 9.88. The highest BCUT2D eigenvalue weighted by Gasteiger charge is 2.30. The summed E-state index contributed by atoms with van der Waals surface area (Å²) in [6.07, 6.45) is 1.51. The van der Waals surface area contributed by atoms with Crippen LogP contribution in [0, 0.1) is 5.82 Å². The van der Waals surface area contributed by atoms with E-state index < -0.39 is 0 Å². The van der Waals surface area contributed by atoms with E-state index in [1.165, 1.54) is 13.2 Å². The van der Waals surface area contributed by atoms with E-state index in [2.05, 4.69) is 15.2 Å². The average molecular weight is 392 g/mol. The van der Waals surface area contributed by atoms with Crippen LogP contribution in [0.1, 0.15) is 25.3 Å². The first kappa shape index (κ1) is 20.4. The Kier molecular flexibility index (Phi) is 7.08. The van der Waals surface area contributed by atoms with Crippen molar-refractivity contribution in [1.82, 2.24) is 15.1 Å². The zero-order valence-electron chi connectivity index (χ0n) is 16.6. The Morgan fingerprint density at radius 3 is 2.68 bits per heavy atom. The summed E-state index contributed by atoms with van der Waals surface area (Å²) in [5, 5.41) is 3.29. The number of guanidine groups is 1. The fourth-order valence-corrected chi connectivity index (χ4v) is 3.51. The number of amides is 1. The van der Waals surface area contributed by atoms with Crippen LogP contribution in [0.2, 0.25) is 0 Å². The van der Waals surface area contributed by atoms with E-state index in [1.54, 1.807) is 6.07 Å². The van der Waals surface area contributed by atoms with Crippen molar-refractivity contribution >= 4 is 11.9 Å². The predicted molar refractivity (Wildman–Crippen MR) is 105 cm³/mol. The molecule has 154 valence electrons. The number of carbonyl (C=O) groups is 1. The second-order valence-electron chi connectivity index (χ2n) is 6.95. The minimum atomic E-state index is -0.388. The number of benzene rings is 1. The number of rotatable bonds is 5.